The van der Waals surface area contributed by atoms with E-state index in [1.807, 2.05) is 0 Å². The average molecular weight is 366 g/mol. The lowest BCUT2D eigenvalue weighted by Crippen LogP contribution is -2.46. The normalized spacial score (nSPS) is 26.3. The molecule has 0 aromatic heterocycles. The molecule has 0 radical (unpaired) electrons. The van der Waals surface area contributed by atoms with Gasteiger partial charge in [-0.25, -0.2) is 17.9 Å². The molecule has 3 rings (SSSR count). The average Bonchev–Trinajstić information content (AvgIpc) is 3.01. The molecule has 2 N–H and O–H groups in total. The molecule has 0 spiro atoms. The van der Waals surface area contributed by atoms with Crippen molar-refractivity contribution in [2.24, 2.45) is 5.92 Å². The fourth-order valence-electron chi connectivity index (χ4n) is 4.04. The van der Waals surface area contributed by atoms with Crippen molar-refractivity contribution >= 4 is 21.9 Å². The highest BCUT2D eigenvalue weighted by Gasteiger charge is 2.47. The molecule has 1 amide bonds. The number of carbonyl (C=O) groups is 2. The molecule has 8 heteroatoms. The Labute approximate surface area is 147 Å². The Morgan fingerprint density at radius 2 is 1.96 bits per heavy atom. The molecular formula is C17H22N2O5S. The van der Waals surface area contributed by atoms with Gasteiger partial charge in [-0.2, -0.15) is 0 Å². The Morgan fingerprint density at radius 3 is 2.64 bits per heavy atom. The zero-order chi connectivity index (χ0) is 18.2. The second-order valence-corrected chi connectivity index (χ2v) is 8.54. The van der Waals surface area contributed by atoms with Crippen LogP contribution in [-0.4, -0.2) is 49.4 Å². The van der Waals surface area contributed by atoms with Crippen LogP contribution < -0.4 is 4.72 Å². The van der Waals surface area contributed by atoms with Crippen LogP contribution in [0.25, 0.3) is 0 Å². The minimum absolute atomic E-state index is 0.00730. The van der Waals surface area contributed by atoms with Crippen molar-refractivity contribution in [2.75, 3.05) is 7.05 Å². The summed E-state index contributed by atoms with van der Waals surface area (Å²) < 4.78 is 26.2. The molecule has 7 nitrogen and oxygen atoms in total. The Bertz CT molecular complexity index is 792. The number of fused-ring (bicyclic) bond motifs is 1. The number of nitrogens with zero attached hydrogens (tertiary/aromatic N) is 1. The minimum Gasteiger partial charge on any atom is -0.480 e. The van der Waals surface area contributed by atoms with Crippen LogP contribution in [0.4, 0.5) is 0 Å². The van der Waals surface area contributed by atoms with Gasteiger partial charge in [-0.1, -0.05) is 18.9 Å². The number of hydrogen-bond acceptors (Lipinski definition) is 4. The third-order valence-corrected chi connectivity index (χ3v) is 6.68. The van der Waals surface area contributed by atoms with Crippen molar-refractivity contribution in [3.8, 4) is 0 Å². The third kappa shape index (κ3) is 3.28. The van der Waals surface area contributed by atoms with E-state index in [4.69, 9.17) is 0 Å². The second-order valence-electron chi connectivity index (χ2n) is 6.65. The standard InChI is InChI=1S/C17H22N2O5S/c1-18-25(23,24)13-7-4-6-12(9-13)16(20)19-14-8-3-2-5-11(14)10-15(19)17(21)22/h4,6-7,9,11,14-15,18H,2-3,5,8,10H2,1H3,(H,21,22)/t11-,14-,15+/m1/s1. The summed E-state index contributed by atoms with van der Waals surface area (Å²) in [6.07, 6.45) is 4.25. The Hall–Kier alpha value is -1.93. The first-order valence-corrected chi connectivity index (χ1v) is 9.92. The Morgan fingerprint density at radius 1 is 1.24 bits per heavy atom. The summed E-state index contributed by atoms with van der Waals surface area (Å²) in [5, 5.41) is 9.55. The van der Waals surface area contributed by atoms with Crippen LogP contribution in [0.1, 0.15) is 42.5 Å². The first-order valence-electron chi connectivity index (χ1n) is 8.44. The molecule has 1 saturated heterocycles. The molecule has 2 aliphatic rings. The van der Waals surface area contributed by atoms with Crippen molar-refractivity contribution in [1.82, 2.24) is 9.62 Å². The van der Waals surface area contributed by atoms with Gasteiger partial charge in [0.2, 0.25) is 10.0 Å². The molecule has 1 aromatic carbocycles. The maximum absolute atomic E-state index is 13.0. The molecule has 1 aliphatic carbocycles. The van der Waals surface area contributed by atoms with Crippen LogP contribution in [0, 0.1) is 5.92 Å². The van der Waals surface area contributed by atoms with Crippen LogP contribution in [0.15, 0.2) is 29.2 Å². The van der Waals surface area contributed by atoms with Crippen LogP contribution >= 0.6 is 0 Å². The maximum atomic E-state index is 13.0. The fraction of sp³-hybridized carbons (Fsp3) is 0.529. The zero-order valence-electron chi connectivity index (χ0n) is 14.0. The highest BCUT2D eigenvalue weighted by molar-refractivity contribution is 7.89. The fourth-order valence-corrected chi connectivity index (χ4v) is 4.81. The number of carbonyl (C=O) groups excluding carboxylic acids is 1. The number of benzene rings is 1. The van der Waals surface area contributed by atoms with E-state index in [0.717, 1.165) is 25.7 Å². The SMILES string of the molecule is CNS(=O)(=O)c1cccc(C(=O)N2[C@@H]3CCCC[C@@H]3C[C@H]2C(=O)O)c1. The molecule has 2 fully saturated rings. The lowest BCUT2D eigenvalue weighted by atomic mass is 9.84. The molecule has 136 valence electrons. The molecule has 25 heavy (non-hydrogen) atoms. The number of amides is 1. The number of rotatable bonds is 4. The van der Waals surface area contributed by atoms with Gasteiger partial charge in [-0.15, -0.1) is 0 Å². The first-order chi connectivity index (χ1) is 11.8. The Kier molecular flexibility index (Phi) is 4.83. The van der Waals surface area contributed by atoms with Gasteiger partial charge >= 0.3 is 5.97 Å². The van der Waals surface area contributed by atoms with E-state index in [0.29, 0.717) is 6.42 Å². The van der Waals surface area contributed by atoms with Crippen LogP contribution in [0.3, 0.4) is 0 Å². The molecule has 1 saturated carbocycles. The van der Waals surface area contributed by atoms with Crippen molar-refractivity contribution in [3.05, 3.63) is 29.8 Å². The Balaban J connectivity index is 1.96. The van der Waals surface area contributed by atoms with Gasteiger partial charge in [0.15, 0.2) is 0 Å². The summed E-state index contributed by atoms with van der Waals surface area (Å²) in [5.74, 6) is -1.19. The topological polar surface area (TPSA) is 104 Å². The van der Waals surface area contributed by atoms with Gasteiger partial charge in [0.25, 0.3) is 5.91 Å². The van der Waals surface area contributed by atoms with E-state index < -0.39 is 27.9 Å². The molecule has 1 aliphatic heterocycles. The van der Waals surface area contributed by atoms with Crippen molar-refractivity contribution in [2.45, 2.75) is 49.1 Å². The number of aliphatic carboxylic acids is 1. The zero-order valence-corrected chi connectivity index (χ0v) is 14.8. The number of hydrogen-bond donors (Lipinski definition) is 2. The molecule has 0 unspecified atom stereocenters. The summed E-state index contributed by atoms with van der Waals surface area (Å²) in [5.41, 5.74) is 0.203. The summed E-state index contributed by atoms with van der Waals surface area (Å²) in [6, 6.07) is 4.83. The monoisotopic (exact) mass is 366 g/mol. The van der Waals surface area contributed by atoms with Crippen molar-refractivity contribution < 1.29 is 23.1 Å². The highest BCUT2D eigenvalue weighted by atomic mass is 32.2. The molecular weight excluding hydrogens is 344 g/mol. The van der Waals surface area contributed by atoms with Crippen molar-refractivity contribution in [1.29, 1.82) is 0 Å². The lowest BCUT2D eigenvalue weighted by Gasteiger charge is -2.33. The third-order valence-electron chi connectivity index (χ3n) is 5.27. The first kappa shape index (κ1) is 17.9. The van der Waals surface area contributed by atoms with Crippen LogP contribution in [0.5, 0.6) is 0 Å². The number of carboxylic acid groups (broad SMARTS) is 1. The highest BCUT2D eigenvalue weighted by Crippen LogP contribution is 2.40. The summed E-state index contributed by atoms with van der Waals surface area (Å²) in [4.78, 5) is 26.2. The molecule has 1 heterocycles. The van der Waals surface area contributed by atoms with E-state index in [-0.39, 0.29) is 22.4 Å². The largest absolute Gasteiger partial charge is 0.480 e. The van der Waals surface area contributed by atoms with E-state index in [9.17, 15) is 23.1 Å². The van der Waals surface area contributed by atoms with E-state index >= 15 is 0 Å². The van der Waals surface area contributed by atoms with Gasteiger partial charge in [-0.3, -0.25) is 4.79 Å². The molecule has 1 aromatic rings. The molecule has 0 bridgehead atoms. The summed E-state index contributed by atoms with van der Waals surface area (Å²) >= 11 is 0. The summed E-state index contributed by atoms with van der Waals surface area (Å²) in [7, 11) is -2.37. The van der Waals surface area contributed by atoms with Gasteiger partial charge in [-0.05, 0) is 50.4 Å². The number of carboxylic acids is 1. The quantitative estimate of drug-likeness (QED) is 0.839. The van der Waals surface area contributed by atoms with Gasteiger partial charge < -0.3 is 10.0 Å². The molecule has 3 atom stereocenters. The lowest BCUT2D eigenvalue weighted by molar-refractivity contribution is -0.141. The van der Waals surface area contributed by atoms with Crippen molar-refractivity contribution in [3.63, 3.8) is 0 Å². The van der Waals surface area contributed by atoms with E-state index in [2.05, 4.69) is 4.72 Å². The van der Waals surface area contributed by atoms with E-state index in [1.54, 1.807) is 0 Å². The number of likely N-dealkylation sites (tertiary alicyclic amines) is 1. The van der Waals surface area contributed by atoms with Gasteiger partial charge in [0.05, 0.1) is 4.90 Å². The summed E-state index contributed by atoms with van der Waals surface area (Å²) in [6.45, 7) is 0. The minimum atomic E-state index is -3.67. The predicted molar refractivity (Wildman–Crippen MR) is 90.6 cm³/mol. The number of sulfonamides is 1. The number of nitrogens with one attached hydrogen (secondary N) is 1. The predicted octanol–water partition coefficient (Wildman–Crippen LogP) is 1.45. The van der Waals surface area contributed by atoms with E-state index in [1.165, 1.54) is 36.2 Å². The van der Waals surface area contributed by atoms with Gasteiger partial charge in [0.1, 0.15) is 6.04 Å². The maximum Gasteiger partial charge on any atom is 0.326 e. The van der Waals surface area contributed by atoms with Crippen LogP contribution in [0.2, 0.25) is 0 Å². The van der Waals surface area contributed by atoms with Crippen LogP contribution in [-0.2, 0) is 14.8 Å². The van der Waals surface area contributed by atoms with Gasteiger partial charge in [0, 0.05) is 11.6 Å². The second kappa shape index (κ2) is 6.76. The smallest absolute Gasteiger partial charge is 0.326 e.